The Hall–Kier alpha value is -4.40. The maximum atomic E-state index is 13.1. The van der Waals surface area contributed by atoms with Crippen molar-refractivity contribution < 1.29 is 14.3 Å². The summed E-state index contributed by atoms with van der Waals surface area (Å²) in [5, 5.41) is 4.24. The Kier molecular flexibility index (Phi) is 5.37. The first-order chi connectivity index (χ1) is 16.5. The van der Waals surface area contributed by atoms with Crippen molar-refractivity contribution in [2.24, 2.45) is 14.1 Å². The van der Waals surface area contributed by atoms with Crippen LogP contribution in [0.5, 0.6) is 11.5 Å². The van der Waals surface area contributed by atoms with E-state index in [0.717, 1.165) is 27.8 Å². The van der Waals surface area contributed by atoms with Gasteiger partial charge in [0.1, 0.15) is 23.4 Å². The summed E-state index contributed by atoms with van der Waals surface area (Å²) < 4.78 is 16.8. The number of Topliss-reactive ketones (excluding diaryl/α,β-unsaturated/α-hetero) is 1. The quantitative estimate of drug-likeness (QED) is 0.348. The van der Waals surface area contributed by atoms with Crippen molar-refractivity contribution in [2.45, 2.75) is 6.42 Å². The fourth-order valence-electron chi connectivity index (χ4n) is 4.09. The first-order valence-corrected chi connectivity index (χ1v) is 10.7. The number of aryl methyl sites for hydroxylation is 2. The van der Waals surface area contributed by atoms with Crippen LogP contribution in [0.3, 0.4) is 0 Å². The molecule has 3 aromatic heterocycles. The van der Waals surface area contributed by atoms with Gasteiger partial charge in [0.05, 0.1) is 55.6 Å². The van der Waals surface area contributed by atoms with E-state index in [9.17, 15) is 4.79 Å². The molecule has 172 valence electrons. The van der Waals surface area contributed by atoms with Crippen LogP contribution >= 0.6 is 0 Å². The summed E-state index contributed by atoms with van der Waals surface area (Å²) in [6, 6.07) is 9.73. The number of aromatic nitrogens is 6. The van der Waals surface area contributed by atoms with Crippen molar-refractivity contribution in [1.82, 2.24) is 28.9 Å². The molecule has 0 spiro atoms. The fourth-order valence-corrected chi connectivity index (χ4v) is 4.09. The van der Waals surface area contributed by atoms with Gasteiger partial charge in [-0.3, -0.25) is 14.0 Å². The normalized spacial score (nSPS) is 11.2. The van der Waals surface area contributed by atoms with E-state index in [2.05, 4.69) is 15.1 Å². The number of carbonyl (C=O) groups excluding carboxylic acids is 1. The molecule has 0 saturated heterocycles. The van der Waals surface area contributed by atoms with Gasteiger partial charge in [0.15, 0.2) is 5.78 Å². The molecule has 0 unspecified atom stereocenters. The van der Waals surface area contributed by atoms with Crippen molar-refractivity contribution in [3.05, 3.63) is 72.8 Å². The maximum Gasteiger partial charge on any atom is 0.176 e. The monoisotopic (exact) mass is 456 g/mol. The van der Waals surface area contributed by atoms with Gasteiger partial charge in [-0.1, -0.05) is 6.07 Å². The van der Waals surface area contributed by atoms with E-state index in [1.165, 1.54) is 0 Å². The second-order valence-electron chi connectivity index (χ2n) is 8.08. The van der Waals surface area contributed by atoms with E-state index in [1.54, 1.807) is 31.6 Å². The standard InChI is InChI=1S/C25H24N6O3/c1-29-13-18(26-14-29)8-22(32)25-23(33-3)9-19(10-24(25)34-4)31-15-27-20-7-16(5-6-21(20)31)17-11-28-30(2)12-17/h5-7,9-15H,8H2,1-4H3. The van der Waals surface area contributed by atoms with E-state index >= 15 is 0 Å². The summed E-state index contributed by atoms with van der Waals surface area (Å²) in [4.78, 5) is 22.0. The maximum absolute atomic E-state index is 13.1. The summed E-state index contributed by atoms with van der Waals surface area (Å²) in [7, 11) is 6.85. The van der Waals surface area contributed by atoms with Gasteiger partial charge in [-0.2, -0.15) is 5.10 Å². The topological polar surface area (TPSA) is 89.0 Å². The van der Waals surface area contributed by atoms with Crippen LogP contribution in [0.1, 0.15) is 16.1 Å². The van der Waals surface area contributed by atoms with Gasteiger partial charge in [-0.25, -0.2) is 9.97 Å². The molecule has 2 aromatic carbocycles. The Balaban J connectivity index is 1.54. The molecule has 0 bridgehead atoms. The van der Waals surface area contributed by atoms with Crippen molar-refractivity contribution in [3.8, 4) is 28.3 Å². The molecule has 5 rings (SSSR count). The van der Waals surface area contributed by atoms with Crippen molar-refractivity contribution in [3.63, 3.8) is 0 Å². The van der Waals surface area contributed by atoms with Gasteiger partial charge in [-0.15, -0.1) is 0 Å². The highest BCUT2D eigenvalue weighted by atomic mass is 16.5. The molecule has 34 heavy (non-hydrogen) atoms. The van der Waals surface area contributed by atoms with Gasteiger partial charge in [-0.05, 0) is 17.7 Å². The number of nitrogens with zero attached hydrogens (tertiary/aromatic N) is 6. The minimum absolute atomic E-state index is 0.129. The lowest BCUT2D eigenvalue weighted by Crippen LogP contribution is -2.09. The number of rotatable bonds is 7. The summed E-state index contributed by atoms with van der Waals surface area (Å²) in [5.41, 5.74) is 5.68. The van der Waals surface area contributed by atoms with E-state index in [-0.39, 0.29) is 12.2 Å². The number of benzene rings is 2. The predicted molar refractivity (Wildman–Crippen MR) is 128 cm³/mol. The highest BCUT2D eigenvalue weighted by Gasteiger charge is 2.22. The van der Waals surface area contributed by atoms with Gasteiger partial charge in [0.2, 0.25) is 0 Å². The third-order valence-electron chi connectivity index (χ3n) is 5.73. The summed E-state index contributed by atoms with van der Waals surface area (Å²) in [6.07, 6.45) is 9.19. The fraction of sp³-hybridized carbons (Fsp3) is 0.200. The summed E-state index contributed by atoms with van der Waals surface area (Å²) >= 11 is 0. The molecule has 9 heteroatoms. The largest absolute Gasteiger partial charge is 0.496 e. The number of methoxy groups -OCH3 is 2. The summed E-state index contributed by atoms with van der Waals surface area (Å²) in [5.74, 6) is 0.740. The second-order valence-corrected chi connectivity index (χ2v) is 8.08. The highest BCUT2D eigenvalue weighted by molar-refractivity contribution is 6.02. The number of fused-ring (bicyclic) bond motifs is 1. The average Bonchev–Trinajstić information content (AvgIpc) is 3.57. The van der Waals surface area contributed by atoms with Crippen molar-refractivity contribution in [2.75, 3.05) is 14.2 Å². The Bertz CT molecular complexity index is 1490. The lowest BCUT2D eigenvalue weighted by molar-refractivity contribution is 0.0986. The number of hydrogen-bond donors (Lipinski definition) is 0. The molecule has 0 N–H and O–H groups in total. The van der Waals surface area contributed by atoms with Crippen LogP contribution < -0.4 is 9.47 Å². The van der Waals surface area contributed by atoms with Crippen molar-refractivity contribution >= 4 is 16.8 Å². The molecule has 0 fully saturated rings. The van der Waals surface area contributed by atoms with Crippen molar-refractivity contribution in [1.29, 1.82) is 0 Å². The zero-order valence-corrected chi connectivity index (χ0v) is 19.4. The van der Waals surface area contributed by atoms with Crippen LogP contribution in [0.4, 0.5) is 0 Å². The molecule has 0 radical (unpaired) electrons. The highest BCUT2D eigenvalue weighted by Crippen LogP contribution is 2.35. The van der Waals surface area contributed by atoms with E-state index in [1.807, 2.05) is 72.2 Å². The lowest BCUT2D eigenvalue weighted by atomic mass is 10.0. The van der Waals surface area contributed by atoms with Crippen LogP contribution in [0.2, 0.25) is 0 Å². The third-order valence-corrected chi connectivity index (χ3v) is 5.73. The zero-order valence-electron chi connectivity index (χ0n) is 19.4. The molecule has 0 saturated carbocycles. The van der Waals surface area contributed by atoms with Gasteiger partial charge >= 0.3 is 0 Å². The molecule has 0 aliphatic heterocycles. The lowest BCUT2D eigenvalue weighted by Gasteiger charge is -2.15. The number of hydrogen-bond acceptors (Lipinski definition) is 6. The molecular weight excluding hydrogens is 432 g/mol. The van der Waals surface area contributed by atoms with Gasteiger partial charge < -0.3 is 14.0 Å². The molecular formula is C25H24N6O3. The molecule has 0 amide bonds. The molecule has 0 aliphatic carbocycles. The molecule has 5 aromatic rings. The van der Waals surface area contributed by atoms with Gasteiger partial charge in [0, 0.05) is 44.2 Å². The number of imidazole rings is 2. The van der Waals surface area contributed by atoms with E-state index in [4.69, 9.17) is 9.47 Å². The Morgan fingerprint density at radius 3 is 2.32 bits per heavy atom. The minimum Gasteiger partial charge on any atom is -0.496 e. The SMILES string of the molecule is COc1cc(-n2cnc3cc(-c4cnn(C)c4)ccc32)cc(OC)c1C(=O)Cc1cn(C)cn1. The van der Waals surface area contributed by atoms with E-state index in [0.29, 0.717) is 22.8 Å². The van der Waals surface area contributed by atoms with Crippen LogP contribution in [-0.4, -0.2) is 48.9 Å². The number of ketones is 1. The number of ether oxygens (including phenoxy) is 2. The smallest absolute Gasteiger partial charge is 0.176 e. The Morgan fingerprint density at radius 2 is 1.71 bits per heavy atom. The average molecular weight is 457 g/mol. The molecule has 0 atom stereocenters. The predicted octanol–water partition coefficient (Wildman–Crippen LogP) is 3.60. The zero-order chi connectivity index (χ0) is 23.8. The Morgan fingerprint density at radius 1 is 0.941 bits per heavy atom. The molecule has 0 aliphatic rings. The first kappa shape index (κ1) is 21.4. The number of carbonyl (C=O) groups is 1. The first-order valence-electron chi connectivity index (χ1n) is 10.7. The Labute approximate surface area is 196 Å². The molecule has 9 nitrogen and oxygen atoms in total. The van der Waals surface area contributed by atoms with Crippen LogP contribution in [0, 0.1) is 0 Å². The second kappa shape index (κ2) is 8.51. The summed E-state index contributed by atoms with van der Waals surface area (Å²) in [6.45, 7) is 0. The van der Waals surface area contributed by atoms with Gasteiger partial charge in [0.25, 0.3) is 0 Å². The minimum atomic E-state index is -0.129. The van der Waals surface area contributed by atoms with Crippen LogP contribution in [0.15, 0.2) is 61.6 Å². The van der Waals surface area contributed by atoms with Crippen LogP contribution in [0.25, 0.3) is 27.8 Å². The van der Waals surface area contributed by atoms with Crippen LogP contribution in [-0.2, 0) is 20.5 Å². The molecule has 3 heterocycles. The van der Waals surface area contributed by atoms with E-state index < -0.39 is 0 Å². The third kappa shape index (κ3) is 3.81.